The van der Waals surface area contributed by atoms with Gasteiger partial charge < -0.3 is 14.6 Å². The molecule has 0 amide bonds. The monoisotopic (exact) mass is 226 g/mol. The van der Waals surface area contributed by atoms with Crippen molar-refractivity contribution in [3.05, 3.63) is 12.2 Å². The predicted octanol–water partition coefficient (Wildman–Crippen LogP) is 1.37. The first kappa shape index (κ1) is 13.1. The summed E-state index contributed by atoms with van der Waals surface area (Å²) in [6.07, 6.45) is 1.77. The Morgan fingerprint density at radius 1 is 1.44 bits per heavy atom. The van der Waals surface area contributed by atoms with Gasteiger partial charge in [-0.15, -0.1) is 10.2 Å². The minimum absolute atomic E-state index is 0.331. The number of nitrogens with zero attached hydrogens (tertiary/aromatic N) is 3. The minimum atomic E-state index is 0.331. The Morgan fingerprint density at radius 2 is 2.19 bits per heavy atom. The van der Waals surface area contributed by atoms with Gasteiger partial charge in [0, 0.05) is 18.7 Å². The van der Waals surface area contributed by atoms with E-state index in [-0.39, 0.29) is 0 Å². The van der Waals surface area contributed by atoms with Crippen LogP contribution in [-0.2, 0) is 11.3 Å². The van der Waals surface area contributed by atoms with Crippen molar-refractivity contribution < 1.29 is 4.74 Å². The molecule has 0 saturated carbocycles. The van der Waals surface area contributed by atoms with Crippen LogP contribution in [0.15, 0.2) is 6.33 Å². The minimum Gasteiger partial charge on any atom is -0.380 e. The Bertz CT molecular complexity index is 298. The Balaban J connectivity index is 2.39. The molecule has 0 aliphatic rings. The van der Waals surface area contributed by atoms with Crippen molar-refractivity contribution in [1.29, 1.82) is 0 Å². The highest BCUT2D eigenvalue weighted by Crippen LogP contribution is 2.06. The Hall–Kier alpha value is -0.940. The number of rotatable bonds is 7. The van der Waals surface area contributed by atoms with E-state index in [1.54, 1.807) is 6.33 Å². The lowest BCUT2D eigenvalue weighted by molar-refractivity contribution is 0.126. The highest BCUT2D eigenvalue weighted by molar-refractivity contribution is 4.87. The van der Waals surface area contributed by atoms with Crippen LogP contribution in [0.4, 0.5) is 0 Å². The summed E-state index contributed by atoms with van der Waals surface area (Å²) in [5.74, 6) is 0.971. The molecule has 1 unspecified atom stereocenters. The summed E-state index contributed by atoms with van der Waals surface area (Å²) in [7, 11) is 0. The van der Waals surface area contributed by atoms with Gasteiger partial charge in [-0.2, -0.15) is 0 Å². The van der Waals surface area contributed by atoms with E-state index in [0.29, 0.717) is 12.1 Å². The fourth-order valence-corrected chi connectivity index (χ4v) is 1.44. The summed E-state index contributed by atoms with van der Waals surface area (Å²) < 4.78 is 7.41. The van der Waals surface area contributed by atoms with Gasteiger partial charge in [-0.25, -0.2) is 0 Å². The van der Waals surface area contributed by atoms with E-state index in [0.717, 1.165) is 25.6 Å². The third-order valence-electron chi connectivity index (χ3n) is 2.38. The first-order valence-corrected chi connectivity index (χ1v) is 5.84. The number of hydrogen-bond donors (Lipinski definition) is 1. The maximum absolute atomic E-state index is 5.34. The van der Waals surface area contributed by atoms with E-state index >= 15 is 0 Å². The second-order valence-corrected chi connectivity index (χ2v) is 4.19. The molecule has 1 aromatic heterocycles. The molecule has 1 aromatic rings. The van der Waals surface area contributed by atoms with Crippen molar-refractivity contribution in [3.8, 4) is 0 Å². The molecule has 1 rings (SSSR count). The van der Waals surface area contributed by atoms with Crippen LogP contribution in [0.3, 0.4) is 0 Å². The molecule has 5 nitrogen and oxygen atoms in total. The van der Waals surface area contributed by atoms with Gasteiger partial charge in [-0.1, -0.05) is 0 Å². The molecule has 0 saturated heterocycles. The molecule has 0 fully saturated rings. The highest BCUT2D eigenvalue weighted by atomic mass is 16.5. The fraction of sp³-hybridized carbons (Fsp3) is 0.818. The van der Waals surface area contributed by atoms with Crippen LogP contribution in [0.25, 0.3) is 0 Å². The molecule has 1 heterocycles. The van der Waals surface area contributed by atoms with Gasteiger partial charge in [0.2, 0.25) is 0 Å². The lowest BCUT2D eigenvalue weighted by atomic mass is 10.3. The molecule has 0 aromatic carbocycles. The first-order chi connectivity index (χ1) is 7.65. The molecule has 0 aliphatic carbocycles. The summed E-state index contributed by atoms with van der Waals surface area (Å²) >= 11 is 0. The molecule has 0 spiro atoms. The zero-order chi connectivity index (χ0) is 12.0. The summed E-state index contributed by atoms with van der Waals surface area (Å²) in [6.45, 7) is 10.6. The Morgan fingerprint density at radius 3 is 2.81 bits per heavy atom. The van der Waals surface area contributed by atoms with Crippen LogP contribution in [0, 0.1) is 0 Å². The third kappa shape index (κ3) is 3.90. The van der Waals surface area contributed by atoms with Crippen LogP contribution in [-0.4, -0.2) is 34.0 Å². The zero-order valence-electron chi connectivity index (χ0n) is 10.6. The topological polar surface area (TPSA) is 52.0 Å². The van der Waals surface area contributed by atoms with E-state index in [2.05, 4.69) is 40.9 Å². The smallest absolute Gasteiger partial charge is 0.147 e. The fourth-order valence-electron chi connectivity index (χ4n) is 1.44. The Kier molecular flexibility index (Phi) is 5.42. The molecule has 0 radical (unpaired) electrons. The maximum atomic E-state index is 5.34. The molecular weight excluding hydrogens is 204 g/mol. The van der Waals surface area contributed by atoms with Gasteiger partial charge in [-0.3, -0.25) is 0 Å². The lowest BCUT2D eigenvalue weighted by Gasteiger charge is -2.15. The van der Waals surface area contributed by atoms with Gasteiger partial charge in [0.05, 0.1) is 13.2 Å². The summed E-state index contributed by atoms with van der Waals surface area (Å²) in [6, 6.07) is 0.728. The number of nitrogens with one attached hydrogen (secondary N) is 1. The van der Waals surface area contributed by atoms with Crippen molar-refractivity contribution in [2.75, 3.05) is 13.2 Å². The average Bonchev–Trinajstić information content (AvgIpc) is 2.71. The molecule has 16 heavy (non-hydrogen) atoms. The molecule has 0 aliphatic heterocycles. The number of aromatic nitrogens is 3. The SMILES string of the molecule is CCOCC(C)NCc1nncn1C(C)C. The summed E-state index contributed by atoms with van der Waals surface area (Å²) in [5.41, 5.74) is 0. The average molecular weight is 226 g/mol. The van der Waals surface area contributed by atoms with Gasteiger partial charge in [0.15, 0.2) is 0 Å². The largest absolute Gasteiger partial charge is 0.380 e. The number of ether oxygens (including phenoxy) is 1. The van der Waals surface area contributed by atoms with Crippen molar-refractivity contribution in [2.24, 2.45) is 0 Å². The molecule has 0 bridgehead atoms. The van der Waals surface area contributed by atoms with E-state index in [4.69, 9.17) is 4.74 Å². The van der Waals surface area contributed by atoms with Crippen molar-refractivity contribution >= 4 is 0 Å². The summed E-state index contributed by atoms with van der Waals surface area (Å²) in [4.78, 5) is 0. The van der Waals surface area contributed by atoms with Crippen LogP contribution in [0.1, 0.15) is 39.6 Å². The van der Waals surface area contributed by atoms with Gasteiger partial charge in [-0.05, 0) is 27.7 Å². The third-order valence-corrected chi connectivity index (χ3v) is 2.38. The van der Waals surface area contributed by atoms with E-state index in [1.165, 1.54) is 0 Å². The van der Waals surface area contributed by atoms with Crippen molar-refractivity contribution in [1.82, 2.24) is 20.1 Å². The highest BCUT2D eigenvalue weighted by Gasteiger charge is 2.08. The van der Waals surface area contributed by atoms with Crippen molar-refractivity contribution in [3.63, 3.8) is 0 Å². The summed E-state index contributed by atoms with van der Waals surface area (Å²) in [5, 5.41) is 11.4. The van der Waals surface area contributed by atoms with Crippen LogP contribution in [0.5, 0.6) is 0 Å². The van der Waals surface area contributed by atoms with Gasteiger partial charge in [0.25, 0.3) is 0 Å². The van der Waals surface area contributed by atoms with Crippen molar-refractivity contribution in [2.45, 2.75) is 46.3 Å². The first-order valence-electron chi connectivity index (χ1n) is 5.84. The second-order valence-electron chi connectivity index (χ2n) is 4.19. The normalized spacial score (nSPS) is 13.3. The van der Waals surface area contributed by atoms with Crippen LogP contribution in [0.2, 0.25) is 0 Å². The Labute approximate surface area is 97.2 Å². The van der Waals surface area contributed by atoms with E-state index < -0.39 is 0 Å². The quantitative estimate of drug-likeness (QED) is 0.763. The lowest BCUT2D eigenvalue weighted by Crippen LogP contribution is -2.31. The van der Waals surface area contributed by atoms with Crippen LogP contribution < -0.4 is 5.32 Å². The predicted molar refractivity (Wildman–Crippen MR) is 63.2 cm³/mol. The maximum Gasteiger partial charge on any atom is 0.147 e. The standard InChI is InChI=1S/C11H22N4O/c1-5-16-7-10(4)12-6-11-14-13-8-15(11)9(2)3/h8-10,12H,5-7H2,1-4H3. The van der Waals surface area contributed by atoms with Gasteiger partial charge in [0.1, 0.15) is 12.2 Å². The van der Waals surface area contributed by atoms with E-state index in [1.807, 2.05) is 6.92 Å². The second kappa shape index (κ2) is 6.60. The molecule has 92 valence electrons. The molecular formula is C11H22N4O. The molecule has 1 N–H and O–H groups in total. The number of hydrogen-bond acceptors (Lipinski definition) is 4. The molecule has 5 heteroatoms. The molecule has 1 atom stereocenters. The van der Waals surface area contributed by atoms with Crippen LogP contribution >= 0.6 is 0 Å². The van der Waals surface area contributed by atoms with E-state index in [9.17, 15) is 0 Å². The van der Waals surface area contributed by atoms with Gasteiger partial charge >= 0.3 is 0 Å². The zero-order valence-corrected chi connectivity index (χ0v) is 10.6.